The minimum Gasteiger partial charge on any atom is -0.473 e. The number of para-hydroxylation sites is 1. The van der Waals surface area contributed by atoms with Crippen LogP contribution in [-0.4, -0.2) is 50.0 Å². The van der Waals surface area contributed by atoms with Crippen LogP contribution in [0.5, 0.6) is 5.88 Å². The molecule has 3 atom stereocenters. The molecule has 1 saturated heterocycles. The van der Waals surface area contributed by atoms with E-state index in [2.05, 4.69) is 31.2 Å². The number of benzene rings is 1. The number of hydrogen-bond acceptors (Lipinski definition) is 6. The van der Waals surface area contributed by atoms with Gasteiger partial charge in [0.25, 0.3) is 5.91 Å². The highest BCUT2D eigenvalue weighted by atomic mass is 79.9. The first-order valence-electron chi connectivity index (χ1n) is 10.6. The van der Waals surface area contributed by atoms with Gasteiger partial charge in [-0.1, -0.05) is 18.2 Å². The molecule has 0 unspecified atom stereocenters. The largest absolute Gasteiger partial charge is 0.473 e. The van der Waals surface area contributed by atoms with Gasteiger partial charge in [-0.25, -0.2) is 4.68 Å². The summed E-state index contributed by atoms with van der Waals surface area (Å²) < 4.78 is 9.70. The molecule has 3 aromatic heterocycles. The lowest BCUT2D eigenvalue weighted by molar-refractivity contribution is 0.0765. The zero-order chi connectivity index (χ0) is 21.7. The van der Waals surface area contributed by atoms with Crippen molar-refractivity contribution in [2.24, 2.45) is 11.8 Å². The van der Waals surface area contributed by atoms with Crippen LogP contribution in [-0.2, 0) is 0 Å². The summed E-state index contributed by atoms with van der Waals surface area (Å²) in [5, 5.41) is 12.8. The second-order valence-electron chi connectivity index (χ2n) is 8.33. The molecule has 9 heteroatoms. The molecule has 4 heterocycles. The minimum atomic E-state index is 0.0735. The van der Waals surface area contributed by atoms with Crippen molar-refractivity contribution in [3.05, 3.63) is 64.2 Å². The number of likely N-dealkylation sites (tertiary alicyclic amines) is 1. The maximum Gasteiger partial charge on any atom is 0.264 e. The Morgan fingerprint density at radius 3 is 2.75 bits per heavy atom. The number of nitrogens with zero attached hydrogens (tertiary/aromatic N) is 5. The van der Waals surface area contributed by atoms with Crippen molar-refractivity contribution in [1.82, 2.24) is 24.9 Å². The smallest absolute Gasteiger partial charge is 0.264 e. The Bertz CT molecular complexity index is 1240. The quantitative estimate of drug-likeness (QED) is 0.402. The van der Waals surface area contributed by atoms with Gasteiger partial charge in [-0.15, -0.1) is 21.5 Å². The fourth-order valence-electron chi connectivity index (χ4n) is 4.85. The van der Waals surface area contributed by atoms with E-state index in [0.29, 0.717) is 22.3 Å². The highest BCUT2D eigenvalue weighted by Gasteiger charge is 2.45. The van der Waals surface area contributed by atoms with Gasteiger partial charge in [-0.2, -0.15) is 5.10 Å². The van der Waals surface area contributed by atoms with E-state index < -0.39 is 0 Å². The Morgan fingerprint density at radius 1 is 1.09 bits per heavy atom. The summed E-state index contributed by atoms with van der Waals surface area (Å²) in [6.07, 6.45) is 4.13. The number of aromatic nitrogens is 4. The predicted octanol–water partition coefficient (Wildman–Crippen LogP) is 4.57. The molecule has 0 N–H and O–H groups in total. The highest BCUT2D eigenvalue weighted by Crippen LogP contribution is 2.41. The molecule has 6 rings (SSSR count). The number of amides is 1. The van der Waals surface area contributed by atoms with E-state index in [9.17, 15) is 4.79 Å². The third-order valence-corrected chi connectivity index (χ3v) is 7.85. The van der Waals surface area contributed by atoms with Crippen molar-refractivity contribution in [2.75, 3.05) is 13.1 Å². The number of thiophene rings is 1. The summed E-state index contributed by atoms with van der Waals surface area (Å²) in [6.45, 7) is 1.51. The van der Waals surface area contributed by atoms with E-state index in [4.69, 9.17) is 4.74 Å². The zero-order valence-electron chi connectivity index (χ0n) is 17.1. The molecule has 1 aliphatic carbocycles. The molecule has 4 aromatic rings. The zero-order valence-corrected chi connectivity index (χ0v) is 19.5. The van der Waals surface area contributed by atoms with E-state index in [1.165, 1.54) is 11.3 Å². The van der Waals surface area contributed by atoms with Crippen molar-refractivity contribution in [1.29, 1.82) is 0 Å². The van der Waals surface area contributed by atoms with Crippen molar-refractivity contribution in [3.63, 3.8) is 0 Å². The summed E-state index contributed by atoms with van der Waals surface area (Å²) in [6, 6.07) is 15.6. The van der Waals surface area contributed by atoms with E-state index in [0.717, 1.165) is 46.7 Å². The Hall–Kier alpha value is -2.78. The first-order chi connectivity index (χ1) is 15.6. The lowest BCUT2D eigenvalue weighted by Gasteiger charge is -2.21. The van der Waals surface area contributed by atoms with Gasteiger partial charge in [0.05, 0.1) is 15.3 Å². The number of rotatable bonds is 4. The van der Waals surface area contributed by atoms with Crippen LogP contribution in [0.3, 0.4) is 0 Å². The van der Waals surface area contributed by atoms with Crippen LogP contribution in [0.25, 0.3) is 15.9 Å². The lowest BCUT2D eigenvalue weighted by Crippen LogP contribution is -2.32. The second-order valence-corrected chi connectivity index (χ2v) is 10.2. The monoisotopic (exact) mass is 509 g/mol. The van der Waals surface area contributed by atoms with Crippen LogP contribution < -0.4 is 4.74 Å². The van der Waals surface area contributed by atoms with E-state index in [-0.39, 0.29) is 12.0 Å². The molecular formula is C23H20BrN5O2S. The van der Waals surface area contributed by atoms with Gasteiger partial charge in [-0.3, -0.25) is 4.79 Å². The summed E-state index contributed by atoms with van der Waals surface area (Å²) in [5.74, 6) is 1.44. The summed E-state index contributed by atoms with van der Waals surface area (Å²) in [5.41, 5.74) is 1.87. The lowest BCUT2D eigenvalue weighted by atomic mass is 9.99. The van der Waals surface area contributed by atoms with Crippen LogP contribution in [0.1, 0.15) is 22.5 Å². The van der Waals surface area contributed by atoms with E-state index >= 15 is 0 Å². The van der Waals surface area contributed by atoms with Gasteiger partial charge < -0.3 is 9.64 Å². The Morgan fingerprint density at radius 2 is 1.97 bits per heavy atom. The van der Waals surface area contributed by atoms with Gasteiger partial charge in [0.2, 0.25) is 5.88 Å². The normalized spacial score (nSPS) is 22.4. The van der Waals surface area contributed by atoms with Crippen LogP contribution >= 0.6 is 27.3 Å². The van der Waals surface area contributed by atoms with Crippen LogP contribution in [0, 0.1) is 11.8 Å². The molecule has 0 radical (unpaired) electrons. The van der Waals surface area contributed by atoms with Gasteiger partial charge >= 0.3 is 0 Å². The van der Waals surface area contributed by atoms with E-state index in [1.807, 2.05) is 64.3 Å². The topological polar surface area (TPSA) is 73.1 Å². The maximum atomic E-state index is 13.2. The Kier molecular flexibility index (Phi) is 4.95. The molecule has 32 heavy (non-hydrogen) atoms. The number of hydrogen-bond donors (Lipinski definition) is 0. The first kappa shape index (κ1) is 19.9. The molecule has 0 spiro atoms. The van der Waals surface area contributed by atoms with Crippen molar-refractivity contribution in [3.8, 4) is 11.6 Å². The average molecular weight is 510 g/mol. The third-order valence-electron chi connectivity index (χ3n) is 6.38. The number of fused-ring (bicyclic) bond motifs is 2. The first-order valence-corrected chi connectivity index (χ1v) is 12.2. The molecule has 1 aromatic carbocycles. The van der Waals surface area contributed by atoms with Gasteiger partial charge in [0, 0.05) is 31.3 Å². The Balaban J connectivity index is 1.16. The number of ether oxygens (including phenoxy) is 1. The molecule has 0 bridgehead atoms. The molecule has 1 amide bonds. The van der Waals surface area contributed by atoms with E-state index in [1.54, 1.807) is 0 Å². The van der Waals surface area contributed by atoms with Crippen LogP contribution in [0.15, 0.2) is 59.3 Å². The van der Waals surface area contributed by atoms with Crippen molar-refractivity contribution >= 4 is 43.4 Å². The third kappa shape index (κ3) is 3.59. The molecule has 1 aliphatic heterocycles. The summed E-state index contributed by atoms with van der Waals surface area (Å²) in [7, 11) is 0. The number of halogens is 1. The predicted molar refractivity (Wildman–Crippen MR) is 125 cm³/mol. The van der Waals surface area contributed by atoms with Crippen molar-refractivity contribution < 1.29 is 9.53 Å². The molecule has 2 aliphatic rings. The highest BCUT2D eigenvalue weighted by molar-refractivity contribution is 9.10. The van der Waals surface area contributed by atoms with Gasteiger partial charge in [0.15, 0.2) is 0 Å². The number of carbonyl (C=O) groups is 1. The maximum absolute atomic E-state index is 13.2. The minimum absolute atomic E-state index is 0.0735. The molecule has 162 valence electrons. The van der Waals surface area contributed by atoms with Gasteiger partial charge in [-0.05, 0) is 59.0 Å². The SMILES string of the molecule is O=C(c1cc2nn(-c3ccccc3)cc2s1)N1C[C@@H]2CC[C@@H](Oc3ccc(Br)nn3)[C@@H]2C1. The fraction of sp³-hybridized carbons (Fsp3) is 0.304. The summed E-state index contributed by atoms with van der Waals surface area (Å²) in [4.78, 5) is 16.0. The molecule has 2 fully saturated rings. The molecule has 7 nitrogen and oxygen atoms in total. The molecular weight excluding hydrogens is 490 g/mol. The standard InChI is InChI=1S/C23H20BrN5O2S/c24-21-8-9-22(26-25-21)31-18-7-6-14-11-28(12-16(14)18)23(30)19-10-17-20(32-19)13-29(27-17)15-4-2-1-3-5-15/h1-5,8-10,13-14,16,18H,6-7,11-12H2/t14-,16+,18+/m0/s1. The summed E-state index contributed by atoms with van der Waals surface area (Å²) >= 11 is 4.81. The number of carbonyl (C=O) groups excluding carboxylic acids is 1. The fourth-order valence-corrected chi connectivity index (χ4v) is 6.04. The van der Waals surface area contributed by atoms with Crippen LogP contribution in [0.4, 0.5) is 0 Å². The second kappa shape index (κ2) is 7.97. The average Bonchev–Trinajstić information content (AvgIpc) is 3.56. The van der Waals surface area contributed by atoms with Gasteiger partial charge in [0.1, 0.15) is 16.2 Å². The van der Waals surface area contributed by atoms with Crippen LogP contribution in [0.2, 0.25) is 0 Å². The van der Waals surface area contributed by atoms with Crippen molar-refractivity contribution in [2.45, 2.75) is 18.9 Å². The molecule has 1 saturated carbocycles. The Labute approximate surface area is 197 Å².